The van der Waals surface area contributed by atoms with Crippen molar-refractivity contribution in [1.82, 2.24) is 0 Å². The summed E-state index contributed by atoms with van der Waals surface area (Å²) in [6, 6.07) is 0. The lowest BCUT2D eigenvalue weighted by Gasteiger charge is -2.19. The molecular weight excluding hydrogens is 1270 g/mol. The number of carbonyl (C=O) groups excluding carboxylic acids is 2. The number of nitrogens with two attached hydrogens (primary N) is 1. The Bertz CT molecular complexity index is 2180. The van der Waals surface area contributed by atoms with Crippen molar-refractivity contribution in [3.63, 3.8) is 0 Å². The molecule has 0 aromatic rings. The van der Waals surface area contributed by atoms with Gasteiger partial charge in [-0.2, -0.15) is 0 Å². The Kier molecular flexibility index (Phi) is 81.4. The van der Waals surface area contributed by atoms with E-state index in [2.05, 4.69) is 160 Å². The van der Waals surface area contributed by atoms with Gasteiger partial charge in [-0.15, -0.1) is 0 Å². The van der Waals surface area contributed by atoms with Crippen LogP contribution in [0.25, 0.3) is 0 Å². The van der Waals surface area contributed by atoms with Crippen molar-refractivity contribution in [1.29, 1.82) is 0 Å². The fourth-order valence-corrected chi connectivity index (χ4v) is 12.8. The summed E-state index contributed by atoms with van der Waals surface area (Å²) < 4.78 is 33.3. The first-order valence-corrected chi connectivity index (χ1v) is 43.8. The zero-order chi connectivity index (χ0) is 72.9. The van der Waals surface area contributed by atoms with E-state index in [1.807, 2.05) is 0 Å². The van der Waals surface area contributed by atoms with Gasteiger partial charge in [0.25, 0.3) is 0 Å². The van der Waals surface area contributed by atoms with E-state index >= 15 is 0 Å². The molecule has 0 amide bonds. The Morgan fingerprint density at radius 3 is 0.812 bits per heavy atom. The van der Waals surface area contributed by atoms with Crippen molar-refractivity contribution in [2.45, 2.75) is 392 Å². The topological polar surface area (TPSA) is 134 Å². The van der Waals surface area contributed by atoms with E-state index in [0.717, 1.165) is 116 Å². The van der Waals surface area contributed by atoms with Crippen LogP contribution in [0.5, 0.6) is 0 Å². The lowest BCUT2D eigenvalue weighted by Crippen LogP contribution is -2.29. The van der Waals surface area contributed by atoms with Crippen molar-refractivity contribution in [3.05, 3.63) is 146 Å². The van der Waals surface area contributed by atoms with Crippen molar-refractivity contribution >= 4 is 19.8 Å². The molecule has 0 fully saturated rings. The molecular formula is C91H158NO8P. The van der Waals surface area contributed by atoms with Crippen LogP contribution in [0.4, 0.5) is 0 Å². The highest BCUT2D eigenvalue weighted by molar-refractivity contribution is 7.47. The van der Waals surface area contributed by atoms with Gasteiger partial charge in [-0.05, 0) is 122 Å². The van der Waals surface area contributed by atoms with Crippen molar-refractivity contribution in [3.8, 4) is 0 Å². The third-order valence-corrected chi connectivity index (χ3v) is 19.2. The molecule has 3 N–H and O–H groups in total. The Hall–Kier alpha value is -4.11. The van der Waals surface area contributed by atoms with E-state index in [1.54, 1.807) is 0 Å². The molecule has 580 valence electrons. The predicted octanol–water partition coefficient (Wildman–Crippen LogP) is 28.9. The van der Waals surface area contributed by atoms with Gasteiger partial charge in [-0.3, -0.25) is 18.6 Å². The molecule has 10 heteroatoms. The first-order valence-electron chi connectivity index (χ1n) is 42.3. The summed E-state index contributed by atoms with van der Waals surface area (Å²) in [6.07, 6.45) is 123. The third-order valence-electron chi connectivity index (χ3n) is 18.2. The highest BCUT2D eigenvalue weighted by Gasteiger charge is 2.26. The van der Waals surface area contributed by atoms with Crippen molar-refractivity contribution < 1.29 is 37.6 Å². The Morgan fingerprint density at radius 2 is 0.545 bits per heavy atom. The zero-order valence-electron chi connectivity index (χ0n) is 65.6. The normalized spacial score (nSPS) is 13.6. The highest BCUT2D eigenvalue weighted by Crippen LogP contribution is 2.43. The summed E-state index contributed by atoms with van der Waals surface area (Å²) in [4.78, 5) is 35.5. The molecule has 0 aromatic heterocycles. The van der Waals surface area contributed by atoms with Crippen LogP contribution in [-0.4, -0.2) is 49.3 Å². The molecule has 101 heavy (non-hydrogen) atoms. The van der Waals surface area contributed by atoms with Crippen molar-refractivity contribution in [2.75, 3.05) is 26.4 Å². The number of unbranched alkanes of at least 4 members (excludes halogenated alkanes) is 42. The molecule has 0 saturated heterocycles. The van der Waals surface area contributed by atoms with Gasteiger partial charge in [0.05, 0.1) is 13.2 Å². The maximum atomic E-state index is 12.8. The van der Waals surface area contributed by atoms with Gasteiger partial charge in [0.1, 0.15) is 6.61 Å². The number of hydrogen-bond donors (Lipinski definition) is 2. The molecule has 9 nitrogen and oxygen atoms in total. The Morgan fingerprint density at radius 1 is 0.307 bits per heavy atom. The molecule has 0 radical (unpaired) electrons. The van der Waals surface area contributed by atoms with Crippen LogP contribution in [0.3, 0.4) is 0 Å². The van der Waals surface area contributed by atoms with Crippen LogP contribution in [0, 0.1) is 0 Å². The van der Waals surface area contributed by atoms with Crippen LogP contribution < -0.4 is 5.73 Å². The first-order chi connectivity index (χ1) is 49.8. The number of esters is 2. The number of rotatable bonds is 79. The smallest absolute Gasteiger partial charge is 0.462 e. The quantitative estimate of drug-likeness (QED) is 0.0264. The van der Waals surface area contributed by atoms with E-state index in [1.165, 1.54) is 238 Å². The lowest BCUT2D eigenvalue weighted by molar-refractivity contribution is -0.161. The SMILES string of the molecule is CC/C=C\C/C=C\C/C=C\C/C=C\C/C=C\C/C=C\C/C=C\C/C=C\C/C=C\C/C=C\CCCCCCCCCCC(=O)OC(COC(=O)CCCCCCCCCCCCCCCCCCCCCCCCCCCCCCC/C=C\C/C=C\CCCCCCC)COP(=O)(O)OCCN. The van der Waals surface area contributed by atoms with Gasteiger partial charge in [0, 0.05) is 19.4 Å². The summed E-state index contributed by atoms with van der Waals surface area (Å²) in [5.41, 5.74) is 5.42. The van der Waals surface area contributed by atoms with Crippen LogP contribution in [-0.2, 0) is 32.7 Å². The van der Waals surface area contributed by atoms with Gasteiger partial charge in [-0.25, -0.2) is 4.57 Å². The van der Waals surface area contributed by atoms with Gasteiger partial charge in [-0.1, -0.05) is 397 Å². The average molecular weight is 1430 g/mol. The summed E-state index contributed by atoms with van der Waals surface area (Å²) in [5.74, 6) is -0.830. The minimum absolute atomic E-state index is 0.0473. The second kappa shape index (κ2) is 84.8. The number of carbonyl (C=O) groups is 2. The lowest BCUT2D eigenvalue weighted by atomic mass is 10.0. The molecule has 0 aromatic carbocycles. The maximum Gasteiger partial charge on any atom is 0.472 e. The van der Waals surface area contributed by atoms with Crippen LogP contribution in [0.2, 0.25) is 0 Å². The van der Waals surface area contributed by atoms with E-state index in [0.29, 0.717) is 6.42 Å². The van der Waals surface area contributed by atoms with Crippen LogP contribution in [0.1, 0.15) is 386 Å². The number of ether oxygens (including phenoxy) is 2. The molecule has 0 aliphatic rings. The maximum absolute atomic E-state index is 12.8. The predicted molar refractivity (Wildman–Crippen MR) is 440 cm³/mol. The molecule has 2 unspecified atom stereocenters. The molecule has 0 aliphatic heterocycles. The van der Waals surface area contributed by atoms with Crippen LogP contribution in [0.15, 0.2) is 146 Å². The fraction of sp³-hybridized carbons (Fsp3) is 0.714. The van der Waals surface area contributed by atoms with E-state index < -0.39 is 26.5 Å². The Balaban J connectivity index is 3.83. The van der Waals surface area contributed by atoms with Gasteiger partial charge >= 0.3 is 19.8 Å². The van der Waals surface area contributed by atoms with E-state index in [9.17, 15) is 19.0 Å². The van der Waals surface area contributed by atoms with Gasteiger partial charge in [0.15, 0.2) is 6.10 Å². The summed E-state index contributed by atoms with van der Waals surface area (Å²) in [6.45, 7) is 3.64. The second-order valence-electron chi connectivity index (χ2n) is 28.0. The number of phosphoric acid groups is 1. The third kappa shape index (κ3) is 84.7. The molecule has 0 spiro atoms. The molecule has 0 bridgehead atoms. The van der Waals surface area contributed by atoms with Crippen LogP contribution >= 0.6 is 7.82 Å². The largest absolute Gasteiger partial charge is 0.472 e. The molecule has 0 saturated carbocycles. The minimum Gasteiger partial charge on any atom is -0.462 e. The summed E-state index contributed by atoms with van der Waals surface area (Å²) >= 11 is 0. The minimum atomic E-state index is -4.41. The second-order valence-corrected chi connectivity index (χ2v) is 29.4. The first kappa shape index (κ1) is 96.9. The number of hydrogen-bond acceptors (Lipinski definition) is 8. The van der Waals surface area contributed by atoms with E-state index in [-0.39, 0.29) is 38.6 Å². The number of allylic oxidation sites excluding steroid dienone is 24. The molecule has 0 rings (SSSR count). The van der Waals surface area contributed by atoms with Gasteiger partial charge in [0.2, 0.25) is 0 Å². The highest BCUT2D eigenvalue weighted by atomic mass is 31.2. The molecule has 0 aliphatic carbocycles. The molecule has 2 atom stereocenters. The standard InChI is InChI=1S/C91H158NO8P/c1-3-5-7-9-11-13-15-17-19-21-23-25-27-29-31-33-35-37-39-41-43-44-46-47-49-51-53-55-57-59-61-63-65-67-69-71-73-75-77-79-81-83-90(93)97-87-89(88-99-101(95,96)98-86-85-92)100-91(94)84-82-80-78-76-74-72-70-68-66-64-62-60-58-56-54-52-50-48-45-42-40-38-36-34-32-30-28-26-24-22-20-18-16-14-12-10-8-6-4-2/h6,8,12,14-15,17-18,20-21,23-24,26,30,32,36,38,42,45,50,52,56,58,62,64,89H,3-5,7,9-11,13,16,19,22,25,27-29,31,33-35,37,39-41,43-44,46-49,51,53-55,57,59-61,63,65-88,92H2,1-2H3,(H,95,96)/b8-6-,14-12-,17-15-,20-18-,23-21-,26-24-,32-30-,38-36-,45-42-,52-50-,58-56-,64-62-. The van der Waals surface area contributed by atoms with Gasteiger partial charge < -0.3 is 20.1 Å². The summed E-state index contributed by atoms with van der Waals surface area (Å²) in [5, 5.41) is 0. The average Bonchev–Trinajstić information content (AvgIpc) is 1.01. The zero-order valence-corrected chi connectivity index (χ0v) is 66.5. The van der Waals surface area contributed by atoms with Crippen molar-refractivity contribution in [2.24, 2.45) is 5.73 Å². The summed E-state index contributed by atoms with van der Waals surface area (Å²) in [7, 11) is -4.41. The monoisotopic (exact) mass is 1420 g/mol. The van der Waals surface area contributed by atoms with E-state index in [4.69, 9.17) is 24.3 Å². The fourth-order valence-electron chi connectivity index (χ4n) is 12.0. The molecule has 0 heterocycles. The number of phosphoric ester groups is 1. The Labute approximate surface area is 624 Å².